The third kappa shape index (κ3) is 29.4. The number of aryl methyl sites for hydroxylation is 3. The molecule has 0 atom stereocenters. The van der Waals surface area contributed by atoms with Gasteiger partial charge in [0.05, 0.1) is 43.2 Å². The Morgan fingerprint density at radius 3 is 1.02 bits per heavy atom. The van der Waals surface area contributed by atoms with Crippen molar-refractivity contribution in [3.05, 3.63) is 300 Å². The first-order valence-electron chi connectivity index (χ1n) is 47.5. The van der Waals surface area contributed by atoms with Crippen molar-refractivity contribution in [1.82, 2.24) is 49.2 Å². The molecule has 0 bridgehead atoms. The molecule has 0 radical (unpaired) electrons. The van der Waals surface area contributed by atoms with Crippen LogP contribution in [0.5, 0.6) is 0 Å². The third-order valence-electron chi connectivity index (χ3n) is 25.7. The Morgan fingerprint density at radius 2 is 0.701 bits per heavy atom. The average Bonchev–Trinajstić information content (AvgIpc) is 1.65. The lowest BCUT2D eigenvalue weighted by molar-refractivity contribution is -0.131. The molecule has 0 spiro atoms. The lowest BCUT2D eigenvalue weighted by Crippen LogP contribution is -2.47. The lowest BCUT2D eigenvalue weighted by atomic mass is 9.79. The zero-order valence-corrected chi connectivity index (χ0v) is 88.4. The van der Waals surface area contributed by atoms with E-state index in [9.17, 15) is 28.8 Å². The molecule has 19 rings (SSSR count). The molecule has 8 aromatic carbocycles. The molecule has 26 nitrogen and oxygen atoms in total. The number of carboxylic acid groups (broad SMARTS) is 1. The third-order valence-corrected chi connectivity index (χ3v) is 27.3. The molecule has 754 valence electrons. The molecule has 144 heavy (non-hydrogen) atoms. The topological polar surface area (TPSA) is 323 Å². The minimum atomic E-state index is -0.980. The van der Waals surface area contributed by atoms with Crippen LogP contribution in [0.15, 0.2) is 241 Å². The van der Waals surface area contributed by atoms with Gasteiger partial charge >= 0.3 is 13.1 Å². The number of pyridine rings is 2. The van der Waals surface area contributed by atoms with Crippen molar-refractivity contribution in [1.29, 1.82) is 0 Å². The summed E-state index contributed by atoms with van der Waals surface area (Å²) in [5.74, 6) is 3.52. The summed E-state index contributed by atoms with van der Waals surface area (Å²) in [7, 11) is 7.93. The Labute approximate surface area is 878 Å². The second kappa shape index (κ2) is 50.9. The molecular formula is C110H119BBrCl6N13O13. The fourth-order valence-electron chi connectivity index (χ4n) is 16.4. The zero-order valence-electron chi connectivity index (χ0n) is 82.3. The van der Waals surface area contributed by atoms with Gasteiger partial charge in [-0.15, -0.1) is 23.2 Å². The van der Waals surface area contributed by atoms with E-state index in [0.29, 0.717) is 90.5 Å². The summed E-state index contributed by atoms with van der Waals surface area (Å²) < 4.78 is 36.0. The Hall–Kier alpha value is -11.7. The highest BCUT2D eigenvalue weighted by Gasteiger charge is 2.52. The number of halogens is 7. The van der Waals surface area contributed by atoms with Crippen LogP contribution in [0.3, 0.4) is 0 Å². The standard InChI is InChI=1S/C30H29ClN4O3.C22H23ClN2O2.C21H22ClN3O2.C18H27BN2O3.C10H8BrClO.C8H8N2O2.CH2Cl2/c1-34-12-14-35(15-13-34)30(37)22-6-4-21(5-7-22)23-16-24-17-26(38-29(24)27(31)18-23)10-9-25(36)8-2-20-3-11-28(32)33-19-20;1-3-19-13-18-12-17(14-20(23)21(18)27-19)15-4-6-16(7-5-15)22(26)25-10-8-24(2)9-11-25;1-24-6-8-25(9-7-24)21(26)15-4-2-14(3-5-15)16-10-17-11-18(13-23)27-20(17)19(22)12-16;1-17(2)18(3,4)24-19(23-17)15-8-6-14(7-9-15)16(22)21-12-10-20(5)11-13-21;1-2-8-4-6-3-7(11)5-9(12)10(6)13-8;9-7-3-1-6(5-10-7)2-4-8(11)12;2-1-3/h2-8,11,16-19H,9-10,12-15H2,1H3,(H2,32,33);4-7,12-14H,3,8-11H2,1-2H3;2-5,10-12H,6-9,13,23H2,1H3;6-9H,10-13H2,1-5H3;3-5H,2H2,1H3;1-5H,(H2,9,10)(H,11,12);1H2/b8-2+;;;;;4-2+;. The number of carboxylic acids is 1. The van der Waals surface area contributed by atoms with Gasteiger partial charge in [-0.3, -0.25) is 24.0 Å². The summed E-state index contributed by atoms with van der Waals surface area (Å²) in [6.07, 6.45) is 11.4. The van der Waals surface area contributed by atoms with E-state index in [-0.39, 0.29) is 53.1 Å². The van der Waals surface area contributed by atoms with E-state index in [2.05, 4.69) is 93.6 Å². The van der Waals surface area contributed by atoms with Crippen molar-refractivity contribution in [2.75, 3.05) is 150 Å². The van der Waals surface area contributed by atoms with Crippen LogP contribution in [0.2, 0.25) is 20.1 Å². The van der Waals surface area contributed by atoms with E-state index in [1.807, 2.05) is 217 Å². The van der Waals surface area contributed by atoms with Crippen molar-refractivity contribution < 1.29 is 60.9 Å². The average molecular weight is 2130 g/mol. The summed E-state index contributed by atoms with van der Waals surface area (Å²) in [6, 6.07) is 61.1. The molecule has 7 N–H and O–H groups in total. The van der Waals surface area contributed by atoms with Crippen molar-refractivity contribution in [2.24, 2.45) is 5.73 Å². The summed E-state index contributed by atoms with van der Waals surface area (Å²) >= 11 is 38.3. The number of hydrogen-bond acceptors (Lipinski definition) is 21. The molecule has 5 aliphatic heterocycles. The van der Waals surface area contributed by atoms with Gasteiger partial charge in [0.15, 0.2) is 28.1 Å². The van der Waals surface area contributed by atoms with Crippen LogP contribution >= 0.6 is 85.5 Å². The molecule has 34 heteroatoms. The van der Waals surface area contributed by atoms with Crippen molar-refractivity contribution in [2.45, 2.75) is 85.0 Å². The molecule has 0 unspecified atom stereocenters. The summed E-state index contributed by atoms with van der Waals surface area (Å²) in [6.45, 7) is 26.1. The number of anilines is 2. The van der Waals surface area contributed by atoms with Crippen LogP contribution in [0.25, 0.3) is 89.4 Å². The van der Waals surface area contributed by atoms with Crippen LogP contribution in [-0.2, 0) is 44.7 Å². The first-order chi connectivity index (χ1) is 68.9. The SMILES string of the molecule is CCc1cc2cc(-c3ccc(C(=O)N4CCN(C)CC4)cc3)cc(Cl)c2o1.CCc1cc2cc(Br)cc(Cl)c2o1.CN1CCN(C(=O)c2ccc(-c3cc(Cl)c4oc(CCC(=O)/C=C/c5ccc(N)nc5)cc4c3)cc2)CC1.CN1CCN(C(=O)c2ccc(-c3cc(Cl)c4oc(CN)cc4c3)cc2)CC1.CN1CCN(C(=O)c2ccc(B3OC(C)(C)C(C)(C)O3)cc2)CC1.ClCCl.Nc1ccc(/C=C/C(=O)O)cn1. The molecule has 0 saturated carbocycles. The van der Waals surface area contributed by atoms with Crippen LogP contribution in [0.1, 0.15) is 124 Å². The van der Waals surface area contributed by atoms with Crippen molar-refractivity contribution >= 4 is 201 Å². The number of aromatic nitrogens is 2. The number of rotatable bonds is 18. The molecular weight excluding hydrogens is 2010 g/mol. The molecule has 11 heterocycles. The number of allylic oxidation sites excluding steroid dienone is 1. The number of carbonyl (C=O) groups excluding carboxylic acids is 5. The molecule has 5 saturated heterocycles. The van der Waals surface area contributed by atoms with Crippen molar-refractivity contribution in [3.63, 3.8) is 0 Å². The van der Waals surface area contributed by atoms with Crippen LogP contribution in [-0.4, -0.2) is 246 Å². The highest BCUT2D eigenvalue weighted by Crippen LogP contribution is 2.40. The fraction of sp³-hybridized carbons (Fsp3) is 0.309. The largest absolute Gasteiger partial charge is 0.494 e. The first-order valence-corrected chi connectivity index (χ1v) is 50.9. The van der Waals surface area contributed by atoms with E-state index >= 15 is 0 Å². The maximum atomic E-state index is 12.9. The smallest absolute Gasteiger partial charge is 0.478 e. The van der Waals surface area contributed by atoms with Gasteiger partial charge in [0.1, 0.15) is 34.7 Å². The Kier molecular flexibility index (Phi) is 38.7. The number of benzene rings is 8. The summed E-state index contributed by atoms with van der Waals surface area (Å²) in [4.78, 5) is 97.7. The van der Waals surface area contributed by atoms with E-state index in [0.717, 1.165) is 228 Å². The maximum absolute atomic E-state index is 12.9. The highest BCUT2D eigenvalue weighted by molar-refractivity contribution is 9.10. The van der Waals surface area contributed by atoms with Gasteiger partial charge in [0, 0.05) is 197 Å². The van der Waals surface area contributed by atoms with E-state index in [1.165, 1.54) is 12.3 Å². The van der Waals surface area contributed by atoms with E-state index in [4.69, 9.17) is 119 Å². The van der Waals surface area contributed by atoms with Crippen LogP contribution in [0, 0.1) is 0 Å². The number of furan rings is 4. The number of hydrogen-bond donors (Lipinski definition) is 4. The highest BCUT2D eigenvalue weighted by atomic mass is 79.9. The summed E-state index contributed by atoms with van der Waals surface area (Å²) in [5.41, 5.74) is 29.9. The van der Waals surface area contributed by atoms with Gasteiger partial charge in [-0.2, -0.15) is 0 Å². The molecule has 14 aromatic rings. The molecule has 5 fully saturated rings. The second-order valence-corrected chi connectivity index (χ2v) is 40.0. The predicted octanol–water partition coefficient (Wildman–Crippen LogP) is 21.6. The number of likely N-dealkylation sites (N-methyl/N-ethyl adjacent to an activating group) is 4. The van der Waals surface area contributed by atoms with Gasteiger partial charge < -0.3 is 88.5 Å². The van der Waals surface area contributed by atoms with Crippen LogP contribution < -0.4 is 22.7 Å². The number of alkyl halides is 2. The minimum Gasteiger partial charge on any atom is -0.478 e. The summed E-state index contributed by atoms with van der Waals surface area (Å²) in [5, 5.41) is 14.7. The monoisotopic (exact) mass is 2130 g/mol. The van der Waals surface area contributed by atoms with Gasteiger partial charge in [-0.25, -0.2) is 14.8 Å². The van der Waals surface area contributed by atoms with Gasteiger partial charge in [-0.1, -0.05) is 125 Å². The van der Waals surface area contributed by atoms with Gasteiger partial charge in [-0.05, 0) is 270 Å². The first kappa shape index (κ1) is 110. The van der Waals surface area contributed by atoms with E-state index < -0.39 is 5.97 Å². The van der Waals surface area contributed by atoms with Gasteiger partial charge in [0.25, 0.3) is 23.6 Å². The Balaban J connectivity index is 0.000000149. The Bertz CT molecular complexity index is 6650. The van der Waals surface area contributed by atoms with Crippen molar-refractivity contribution in [3.8, 4) is 33.4 Å². The number of nitrogens with zero attached hydrogens (tertiary/aromatic N) is 10. The molecule has 0 aliphatic carbocycles. The fourth-order valence-corrected chi connectivity index (χ4v) is 18.0. The second-order valence-electron chi connectivity index (χ2n) is 36.6. The number of nitrogens with two attached hydrogens (primary N) is 3. The number of ketones is 1. The molecule has 4 amide bonds. The van der Waals surface area contributed by atoms with Gasteiger partial charge in [0.2, 0.25) is 0 Å². The Morgan fingerprint density at radius 1 is 0.403 bits per heavy atom. The lowest BCUT2D eigenvalue weighted by Gasteiger charge is -2.32. The number of amides is 4. The molecule has 5 aliphatic rings. The zero-order chi connectivity index (χ0) is 103. The number of nitrogen functional groups attached to an aromatic ring is 2. The maximum Gasteiger partial charge on any atom is 0.494 e. The number of aliphatic carboxylic acids is 1. The quantitative estimate of drug-likeness (QED) is 0.0352. The normalized spacial score (nSPS) is 15.5. The van der Waals surface area contributed by atoms with E-state index in [1.54, 1.807) is 36.5 Å². The van der Waals surface area contributed by atoms with Crippen LogP contribution in [0.4, 0.5) is 11.6 Å². The predicted molar refractivity (Wildman–Crippen MR) is 584 cm³/mol. The number of carbonyl (C=O) groups is 6. The molecule has 6 aromatic heterocycles. The number of fused-ring (bicyclic) bond motifs is 4. The minimum absolute atomic E-state index is 0.0136. The number of piperazine rings is 4.